The van der Waals surface area contributed by atoms with Gasteiger partial charge in [-0.1, -0.05) is 0 Å². The van der Waals surface area contributed by atoms with Crippen molar-refractivity contribution in [3.05, 3.63) is 0 Å². The summed E-state index contributed by atoms with van der Waals surface area (Å²) in [6, 6.07) is -2.40. The van der Waals surface area contributed by atoms with Crippen molar-refractivity contribution in [3.63, 3.8) is 0 Å². The van der Waals surface area contributed by atoms with E-state index in [-0.39, 0.29) is 32.2 Å². The van der Waals surface area contributed by atoms with Crippen LogP contribution in [0, 0.1) is 0 Å². The van der Waals surface area contributed by atoms with Crippen LogP contribution in [0.25, 0.3) is 0 Å². The number of amides is 2. The van der Waals surface area contributed by atoms with Crippen LogP contribution < -0.4 is 22.5 Å². The number of hydrogen-bond donors (Lipinski definition) is 7. The van der Waals surface area contributed by atoms with Crippen LogP contribution in [-0.2, 0) is 24.0 Å². The molecule has 0 aromatic heterocycles. The Morgan fingerprint density at radius 2 is 1.42 bits per heavy atom. The highest BCUT2D eigenvalue weighted by Gasteiger charge is 2.23. The van der Waals surface area contributed by atoms with Crippen LogP contribution in [0.4, 0.5) is 0 Å². The quantitative estimate of drug-likeness (QED) is 0.211. The number of carboxylic acids is 3. The van der Waals surface area contributed by atoms with E-state index in [0.29, 0.717) is 0 Å². The van der Waals surface area contributed by atoms with Crippen molar-refractivity contribution in [3.8, 4) is 0 Å². The molecule has 24 heavy (non-hydrogen) atoms. The number of primary amides is 1. The van der Waals surface area contributed by atoms with Crippen molar-refractivity contribution < 1.29 is 39.3 Å². The number of rotatable bonds is 10. The van der Waals surface area contributed by atoms with Gasteiger partial charge in [-0.05, 0) is 12.8 Å². The number of hydrogen-bond acceptors (Lipinski definition) is 7. The summed E-state index contributed by atoms with van der Waals surface area (Å²) in [5.41, 5.74) is 14.9. The average molecular weight is 350 g/mol. The molecular formula is C12H22N4O8. The molecule has 0 aromatic carbocycles. The lowest BCUT2D eigenvalue weighted by Gasteiger charge is -2.16. The third-order valence-corrected chi connectivity index (χ3v) is 2.47. The van der Waals surface area contributed by atoms with Crippen LogP contribution in [0.2, 0.25) is 0 Å². The number of nitrogens with two attached hydrogens (primary N) is 3. The molecule has 0 saturated heterocycles. The van der Waals surface area contributed by atoms with Gasteiger partial charge in [0.1, 0.15) is 6.04 Å². The SMILES string of the molecule is NC(=O)CC[C@H](NC(=O)[C@@H](N)CCC(=O)O)C(=O)O.NCC(=O)O. The standard InChI is InChI=1S/C10H17N3O6.C2H5NO2/c11-5(1-4-8(15)16)9(17)13-6(10(18)19)2-3-7(12)14;3-1-2(4)5/h5-6H,1-4,11H2,(H2,12,14)(H,13,17)(H,15,16)(H,18,19);1,3H2,(H,4,5)/t5-,6-;/m0./s1. The normalized spacial score (nSPS) is 12.1. The highest BCUT2D eigenvalue weighted by atomic mass is 16.4. The molecule has 12 heteroatoms. The Labute approximate surface area is 137 Å². The van der Waals surface area contributed by atoms with Crippen molar-refractivity contribution >= 4 is 29.7 Å². The van der Waals surface area contributed by atoms with E-state index < -0.39 is 41.8 Å². The summed E-state index contributed by atoms with van der Waals surface area (Å²) < 4.78 is 0. The van der Waals surface area contributed by atoms with Gasteiger partial charge in [0, 0.05) is 12.8 Å². The highest BCUT2D eigenvalue weighted by Crippen LogP contribution is 2.00. The molecule has 0 spiro atoms. The van der Waals surface area contributed by atoms with E-state index in [1.807, 2.05) is 0 Å². The minimum absolute atomic E-state index is 0.108. The minimum Gasteiger partial charge on any atom is -0.481 e. The van der Waals surface area contributed by atoms with Crippen LogP contribution in [0.15, 0.2) is 0 Å². The van der Waals surface area contributed by atoms with Crippen LogP contribution in [0.3, 0.4) is 0 Å². The zero-order valence-electron chi connectivity index (χ0n) is 12.8. The van der Waals surface area contributed by atoms with E-state index in [9.17, 15) is 24.0 Å². The first-order valence-electron chi connectivity index (χ1n) is 6.71. The topological polar surface area (TPSA) is 236 Å². The maximum absolute atomic E-state index is 11.5. The molecule has 138 valence electrons. The Bertz CT molecular complexity index is 468. The third kappa shape index (κ3) is 14.2. The Hall–Kier alpha value is -2.73. The van der Waals surface area contributed by atoms with E-state index in [1.165, 1.54) is 0 Å². The zero-order chi connectivity index (χ0) is 19.3. The molecule has 0 radical (unpaired) electrons. The van der Waals surface area contributed by atoms with Crippen molar-refractivity contribution in [2.75, 3.05) is 6.54 Å². The van der Waals surface area contributed by atoms with Gasteiger partial charge in [-0.2, -0.15) is 0 Å². The van der Waals surface area contributed by atoms with Gasteiger partial charge in [0.15, 0.2) is 0 Å². The Kier molecular flexibility index (Phi) is 12.5. The molecule has 0 aromatic rings. The van der Waals surface area contributed by atoms with Gasteiger partial charge in [0.05, 0.1) is 12.6 Å². The molecule has 0 unspecified atom stereocenters. The second-order valence-electron chi connectivity index (χ2n) is 4.54. The van der Waals surface area contributed by atoms with Gasteiger partial charge in [-0.25, -0.2) is 4.79 Å². The molecule has 0 bridgehead atoms. The largest absolute Gasteiger partial charge is 0.481 e. The number of carbonyl (C=O) groups is 5. The van der Waals surface area contributed by atoms with Gasteiger partial charge in [-0.15, -0.1) is 0 Å². The van der Waals surface area contributed by atoms with Gasteiger partial charge < -0.3 is 37.8 Å². The van der Waals surface area contributed by atoms with Crippen LogP contribution in [0.1, 0.15) is 25.7 Å². The monoisotopic (exact) mass is 350 g/mol. The first-order chi connectivity index (χ1) is 11.0. The summed E-state index contributed by atoms with van der Waals surface area (Å²) in [6.07, 6.45) is -0.749. The molecule has 0 rings (SSSR count). The van der Waals surface area contributed by atoms with Crippen molar-refractivity contribution in [2.45, 2.75) is 37.8 Å². The molecular weight excluding hydrogens is 328 g/mol. The molecule has 2 amide bonds. The minimum atomic E-state index is -1.32. The lowest BCUT2D eigenvalue weighted by Crippen LogP contribution is -2.48. The zero-order valence-corrected chi connectivity index (χ0v) is 12.8. The second kappa shape index (κ2) is 12.8. The predicted octanol–water partition coefficient (Wildman–Crippen LogP) is -2.96. The van der Waals surface area contributed by atoms with E-state index in [1.54, 1.807) is 0 Å². The van der Waals surface area contributed by atoms with E-state index in [0.717, 1.165) is 0 Å². The third-order valence-electron chi connectivity index (χ3n) is 2.47. The average Bonchev–Trinajstić information content (AvgIpc) is 2.48. The fourth-order valence-corrected chi connectivity index (χ4v) is 1.23. The van der Waals surface area contributed by atoms with Crippen LogP contribution in [-0.4, -0.2) is 63.7 Å². The van der Waals surface area contributed by atoms with Gasteiger partial charge in [0.2, 0.25) is 11.8 Å². The maximum Gasteiger partial charge on any atom is 0.326 e. The lowest BCUT2D eigenvalue weighted by atomic mass is 10.1. The van der Waals surface area contributed by atoms with Crippen LogP contribution in [0.5, 0.6) is 0 Å². The summed E-state index contributed by atoms with van der Waals surface area (Å²) in [5, 5.41) is 27.0. The Morgan fingerprint density at radius 1 is 0.917 bits per heavy atom. The fraction of sp³-hybridized carbons (Fsp3) is 0.583. The van der Waals surface area contributed by atoms with E-state index >= 15 is 0 Å². The van der Waals surface area contributed by atoms with Gasteiger partial charge in [-0.3, -0.25) is 19.2 Å². The molecule has 0 aliphatic carbocycles. The Morgan fingerprint density at radius 3 is 1.75 bits per heavy atom. The summed E-state index contributed by atoms with van der Waals surface area (Å²) in [4.78, 5) is 52.4. The summed E-state index contributed by atoms with van der Waals surface area (Å²) in [5.74, 6) is -4.86. The second-order valence-corrected chi connectivity index (χ2v) is 4.54. The summed E-state index contributed by atoms with van der Waals surface area (Å²) >= 11 is 0. The highest BCUT2D eigenvalue weighted by molar-refractivity contribution is 5.87. The molecule has 10 N–H and O–H groups in total. The lowest BCUT2D eigenvalue weighted by molar-refractivity contribution is -0.142. The molecule has 2 atom stereocenters. The molecule has 0 heterocycles. The van der Waals surface area contributed by atoms with Gasteiger partial charge >= 0.3 is 17.9 Å². The number of nitrogens with one attached hydrogen (secondary N) is 1. The predicted molar refractivity (Wildman–Crippen MR) is 79.5 cm³/mol. The van der Waals surface area contributed by atoms with E-state index in [2.05, 4.69) is 11.1 Å². The van der Waals surface area contributed by atoms with E-state index in [4.69, 9.17) is 26.8 Å². The number of carbonyl (C=O) groups excluding carboxylic acids is 2. The molecule has 0 aliphatic rings. The number of aliphatic carboxylic acids is 3. The molecule has 0 aliphatic heterocycles. The first kappa shape index (κ1) is 23.5. The smallest absolute Gasteiger partial charge is 0.326 e. The molecule has 12 nitrogen and oxygen atoms in total. The summed E-state index contributed by atoms with van der Waals surface area (Å²) in [7, 11) is 0. The van der Waals surface area contributed by atoms with Gasteiger partial charge in [0.25, 0.3) is 0 Å². The number of carboxylic acid groups (broad SMARTS) is 3. The Balaban J connectivity index is 0. The van der Waals surface area contributed by atoms with Crippen molar-refractivity contribution in [1.82, 2.24) is 5.32 Å². The van der Waals surface area contributed by atoms with Crippen LogP contribution >= 0.6 is 0 Å². The van der Waals surface area contributed by atoms with Crippen molar-refractivity contribution in [1.29, 1.82) is 0 Å². The molecule has 0 fully saturated rings. The maximum atomic E-state index is 11.5. The van der Waals surface area contributed by atoms with Crippen molar-refractivity contribution in [2.24, 2.45) is 17.2 Å². The fourth-order valence-electron chi connectivity index (χ4n) is 1.23. The summed E-state index contributed by atoms with van der Waals surface area (Å²) in [6.45, 7) is -0.278. The first-order valence-corrected chi connectivity index (χ1v) is 6.71. The molecule has 0 saturated carbocycles.